The molecule has 5 rings (SSSR count). The molecule has 2 N–H and O–H groups in total. The highest BCUT2D eigenvalue weighted by Crippen LogP contribution is 2.40. The summed E-state index contributed by atoms with van der Waals surface area (Å²) < 4.78 is 41.5. The molecule has 1 unspecified atom stereocenters. The van der Waals surface area contributed by atoms with Crippen molar-refractivity contribution in [1.29, 1.82) is 0 Å². The van der Waals surface area contributed by atoms with Crippen LogP contribution in [0.2, 0.25) is 0 Å². The van der Waals surface area contributed by atoms with Gasteiger partial charge in [-0.3, -0.25) is 9.78 Å². The topological polar surface area (TPSA) is 57.3 Å². The van der Waals surface area contributed by atoms with Crippen LogP contribution in [-0.2, 0) is 6.54 Å². The van der Waals surface area contributed by atoms with E-state index in [9.17, 15) is 18.0 Å². The minimum Gasteiger partial charge on any atom is -0.368 e. The van der Waals surface area contributed by atoms with Crippen LogP contribution in [0.4, 0.5) is 18.9 Å². The Morgan fingerprint density at radius 2 is 1.85 bits per heavy atom. The molecule has 8 heteroatoms. The zero-order valence-corrected chi connectivity index (χ0v) is 17.9. The quantitative estimate of drug-likeness (QED) is 0.614. The zero-order valence-electron chi connectivity index (χ0n) is 17.9. The molecule has 2 aliphatic heterocycles. The first-order chi connectivity index (χ1) is 15.9. The number of halogens is 3. The lowest BCUT2D eigenvalue weighted by Gasteiger charge is -2.40. The summed E-state index contributed by atoms with van der Waals surface area (Å²) in [4.78, 5) is 19.5. The van der Waals surface area contributed by atoms with E-state index in [0.29, 0.717) is 41.0 Å². The number of hydrogen-bond donors (Lipinski definition) is 2. The molecular formula is C25H23F3N4O. The molecule has 1 atom stereocenters. The molecule has 0 bridgehead atoms. The lowest BCUT2D eigenvalue weighted by molar-refractivity contribution is 0.0951. The summed E-state index contributed by atoms with van der Waals surface area (Å²) in [5.41, 5.74) is 2.34. The molecule has 3 heterocycles. The van der Waals surface area contributed by atoms with Gasteiger partial charge in [0.2, 0.25) is 0 Å². The van der Waals surface area contributed by atoms with E-state index < -0.39 is 11.6 Å². The van der Waals surface area contributed by atoms with E-state index in [1.165, 1.54) is 36.7 Å². The average molecular weight is 452 g/mol. The summed E-state index contributed by atoms with van der Waals surface area (Å²) in [6.45, 7) is 2.48. The second-order valence-electron chi connectivity index (χ2n) is 8.68. The van der Waals surface area contributed by atoms with Crippen molar-refractivity contribution in [1.82, 2.24) is 15.6 Å². The van der Waals surface area contributed by atoms with Crippen LogP contribution < -0.4 is 15.5 Å². The van der Waals surface area contributed by atoms with Crippen LogP contribution in [0.1, 0.15) is 28.8 Å². The molecule has 2 saturated heterocycles. The summed E-state index contributed by atoms with van der Waals surface area (Å²) >= 11 is 0. The van der Waals surface area contributed by atoms with Crippen molar-refractivity contribution in [2.45, 2.75) is 24.9 Å². The van der Waals surface area contributed by atoms with Crippen LogP contribution in [-0.4, -0.2) is 36.1 Å². The molecule has 0 aliphatic carbocycles. The molecular weight excluding hydrogens is 429 g/mol. The fourth-order valence-corrected chi connectivity index (χ4v) is 4.70. The number of nitrogens with one attached hydrogen (secondary N) is 2. The lowest BCUT2D eigenvalue weighted by atomic mass is 9.87. The first-order valence-electron chi connectivity index (χ1n) is 10.9. The van der Waals surface area contributed by atoms with Crippen LogP contribution in [0.15, 0.2) is 54.9 Å². The average Bonchev–Trinajstić information content (AvgIpc) is 3.23. The number of anilines is 1. The number of rotatable bonds is 5. The number of pyridine rings is 1. The third kappa shape index (κ3) is 4.30. The van der Waals surface area contributed by atoms with Gasteiger partial charge >= 0.3 is 0 Å². The first-order valence-corrected chi connectivity index (χ1v) is 10.9. The van der Waals surface area contributed by atoms with Crippen molar-refractivity contribution in [2.24, 2.45) is 0 Å². The van der Waals surface area contributed by atoms with E-state index in [0.717, 1.165) is 25.5 Å². The minimum atomic E-state index is -0.699. The molecule has 0 saturated carbocycles. The van der Waals surface area contributed by atoms with E-state index in [-0.39, 0.29) is 23.8 Å². The van der Waals surface area contributed by atoms with Crippen LogP contribution in [0.5, 0.6) is 0 Å². The maximum absolute atomic E-state index is 14.0. The van der Waals surface area contributed by atoms with Gasteiger partial charge in [-0.1, -0.05) is 12.1 Å². The highest BCUT2D eigenvalue weighted by Gasteiger charge is 2.43. The molecule has 2 aromatic carbocycles. The van der Waals surface area contributed by atoms with Gasteiger partial charge in [-0.05, 0) is 54.8 Å². The van der Waals surface area contributed by atoms with Crippen molar-refractivity contribution in [3.63, 3.8) is 0 Å². The van der Waals surface area contributed by atoms with E-state index in [1.807, 2.05) is 0 Å². The Morgan fingerprint density at radius 1 is 1.06 bits per heavy atom. The van der Waals surface area contributed by atoms with Crippen molar-refractivity contribution >= 4 is 11.6 Å². The predicted molar refractivity (Wildman–Crippen MR) is 119 cm³/mol. The molecule has 1 spiro atoms. The number of amides is 1. The molecule has 1 amide bonds. The molecule has 2 fully saturated rings. The van der Waals surface area contributed by atoms with Gasteiger partial charge in [-0.15, -0.1) is 0 Å². The van der Waals surface area contributed by atoms with Gasteiger partial charge in [0, 0.05) is 49.2 Å². The predicted octanol–water partition coefficient (Wildman–Crippen LogP) is 4.04. The molecule has 1 aromatic heterocycles. The normalized spacial score (nSPS) is 19.5. The Bertz CT molecular complexity index is 1190. The Kier molecular flexibility index (Phi) is 5.54. The lowest BCUT2D eigenvalue weighted by Crippen LogP contribution is -2.58. The second-order valence-corrected chi connectivity index (χ2v) is 8.68. The SMILES string of the molecule is O=C(NCc1cccc(F)c1)c1cncc(-c2cc(F)cc(F)c2)c1N1CCC2(CCN2)C1. The van der Waals surface area contributed by atoms with Crippen molar-refractivity contribution < 1.29 is 18.0 Å². The van der Waals surface area contributed by atoms with Crippen molar-refractivity contribution in [3.05, 3.63) is 83.4 Å². The van der Waals surface area contributed by atoms with Crippen molar-refractivity contribution in [2.75, 3.05) is 24.5 Å². The summed E-state index contributed by atoms with van der Waals surface area (Å²) in [7, 11) is 0. The number of hydrogen-bond acceptors (Lipinski definition) is 4. The van der Waals surface area contributed by atoms with Crippen molar-refractivity contribution in [3.8, 4) is 11.1 Å². The minimum absolute atomic E-state index is 0.00302. The van der Waals surface area contributed by atoms with E-state index >= 15 is 0 Å². The van der Waals surface area contributed by atoms with Crippen LogP contribution in [0, 0.1) is 17.5 Å². The Hall–Kier alpha value is -3.39. The van der Waals surface area contributed by atoms with Crippen LogP contribution in [0.3, 0.4) is 0 Å². The number of benzene rings is 2. The van der Waals surface area contributed by atoms with Crippen LogP contribution in [0.25, 0.3) is 11.1 Å². The zero-order chi connectivity index (χ0) is 23.0. The second kappa shape index (κ2) is 8.51. The smallest absolute Gasteiger partial charge is 0.255 e. The first kappa shape index (κ1) is 21.5. The number of nitrogens with zero attached hydrogens (tertiary/aromatic N) is 2. The van der Waals surface area contributed by atoms with Gasteiger partial charge in [0.25, 0.3) is 5.91 Å². The van der Waals surface area contributed by atoms with Gasteiger partial charge < -0.3 is 15.5 Å². The van der Waals surface area contributed by atoms with E-state index in [1.54, 1.807) is 12.1 Å². The monoisotopic (exact) mass is 452 g/mol. The van der Waals surface area contributed by atoms with Gasteiger partial charge in [0.15, 0.2) is 0 Å². The molecule has 2 aliphatic rings. The largest absolute Gasteiger partial charge is 0.368 e. The fourth-order valence-electron chi connectivity index (χ4n) is 4.70. The van der Waals surface area contributed by atoms with Gasteiger partial charge in [0.1, 0.15) is 17.5 Å². The van der Waals surface area contributed by atoms with E-state index in [2.05, 4.69) is 20.5 Å². The van der Waals surface area contributed by atoms with Gasteiger partial charge in [-0.25, -0.2) is 13.2 Å². The maximum atomic E-state index is 14.0. The Balaban J connectivity index is 1.52. The van der Waals surface area contributed by atoms with E-state index in [4.69, 9.17) is 0 Å². The van der Waals surface area contributed by atoms with Crippen LogP contribution >= 0.6 is 0 Å². The Morgan fingerprint density at radius 3 is 2.52 bits per heavy atom. The molecule has 33 heavy (non-hydrogen) atoms. The number of carbonyl (C=O) groups is 1. The number of aromatic nitrogens is 1. The summed E-state index contributed by atoms with van der Waals surface area (Å²) in [5.74, 6) is -2.16. The third-order valence-corrected chi connectivity index (χ3v) is 6.45. The van der Waals surface area contributed by atoms with Gasteiger partial charge in [-0.2, -0.15) is 0 Å². The third-order valence-electron chi connectivity index (χ3n) is 6.45. The summed E-state index contributed by atoms with van der Waals surface area (Å²) in [6.07, 6.45) is 4.96. The standard InChI is InChI=1S/C25H23F3N4O/c26-18-3-1-2-16(8-18)12-30-24(33)22-14-29-13-21(17-9-19(27)11-20(28)10-17)23(22)32-7-5-25(15-32)4-6-31-25/h1-3,8-11,13-14,31H,4-7,12,15H2,(H,30,33). The fraction of sp³-hybridized carbons (Fsp3) is 0.280. The molecule has 0 radical (unpaired) electrons. The summed E-state index contributed by atoms with van der Waals surface area (Å²) in [5, 5.41) is 6.31. The molecule has 5 nitrogen and oxygen atoms in total. The highest BCUT2D eigenvalue weighted by molar-refractivity contribution is 6.03. The maximum Gasteiger partial charge on any atom is 0.255 e. The summed E-state index contributed by atoms with van der Waals surface area (Å²) in [6, 6.07) is 9.30. The molecule has 170 valence electrons. The highest BCUT2D eigenvalue weighted by atomic mass is 19.1. The van der Waals surface area contributed by atoms with Gasteiger partial charge in [0.05, 0.1) is 11.3 Å². The number of carbonyl (C=O) groups excluding carboxylic acids is 1. The molecule has 3 aromatic rings. The Labute approximate surface area is 189 Å².